The number of nitrogens with zero attached hydrogens (tertiary/aromatic N) is 1. The first-order valence-corrected chi connectivity index (χ1v) is 6.06. The van der Waals surface area contributed by atoms with E-state index < -0.39 is 5.41 Å². The van der Waals surface area contributed by atoms with Gasteiger partial charge in [0.2, 0.25) is 5.91 Å². The number of carbonyl (C=O) groups excluding carboxylic acids is 1. The molecule has 0 radical (unpaired) electrons. The van der Waals surface area contributed by atoms with E-state index in [1.54, 1.807) is 24.1 Å². The van der Waals surface area contributed by atoms with Gasteiger partial charge in [-0.25, -0.2) is 4.39 Å². The molecule has 3 nitrogen and oxygen atoms in total. The number of benzene rings is 1. The summed E-state index contributed by atoms with van der Waals surface area (Å²) in [5.74, 6) is -0.255. The van der Waals surface area contributed by atoms with Gasteiger partial charge in [-0.2, -0.15) is 0 Å². The van der Waals surface area contributed by atoms with E-state index in [1.807, 2.05) is 20.9 Å². The summed E-state index contributed by atoms with van der Waals surface area (Å²) in [6, 6.07) is 6.11. The zero-order valence-electron chi connectivity index (χ0n) is 11.9. The highest BCUT2D eigenvalue weighted by molar-refractivity contribution is 5.87. The van der Waals surface area contributed by atoms with Gasteiger partial charge in [0, 0.05) is 20.1 Å². The van der Waals surface area contributed by atoms with E-state index in [0.717, 1.165) is 12.1 Å². The molecule has 0 aliphatic carbocycles. The minimum Gasteiger partial charge on any atom is -0.344 e. The van der Waals surface area contributed by atoms with Crippen LogP contribution in [0.4, 0.5) is 4.39 Å². The van der Waals surface area contributed by atoms with Crippen molar-refractivity contribution >= 4 is 18.3 Å². The van der Waals surface area contributed by atoms with Crippen molar-refractivity contribution in [1.82, 2.24) is 10.2 Å². The predicted molar refractivity (Wildman–Crippen MR) is 78.2 cm³/mol. The summed E-state index contributed by atoms with van der Waals surface area (Å²) in [7, 11) is 3.63. The SMILES string of the molecule is CNCCN(C)C(=O)C(C)(C)c1ccc(F)cc1.Cl. The highest BCUT2D eigenvalue weighted by Crippen LogP contribution is 2.25. The van der Waals surface area contributed by atoms with Gasteiger partial charge in [-0.1, -0.05) is 12.1 Å². The molecule has 1 rings (SSSR count). The molecule has 1 aromatic rings. The van der Waals surface area contributed by atoms with E-state index in [-0.39, 0.29) is 24.1 Å². The number of likely N-dealkylation sites (N-methyl/N-ethyl adjacent to an activating group) is 2. The van der Waals surface area contributed by atoms with E-state index in [0.29, 0.717) is 6.54 Å². The Balaban J connectivity index is 0.00000324. The third kappa shape index (κ3) is 4.48. The summed E-state index contributed by atoms with van der Waals surface area (Å²) < 4.78 is 12.9. The fourth-order valence-electron chi connectivity index (χ4n) is 1.85. The maximum atomic E-state index is 12.9. The number of nitrogens with one attached hydrogen (secondary N) is 1. The minimum atomic E-state index is -0.643. The molecule has 5 heteroatoms. The molecular formula is C14H22ClFN2O. The molecule has 0 unspecified atom stereocenters. The van der Waals surface area contributed by atoms with Crippen LogP contribution in [0.15, 0.2) is 24.3 Å². The Labute approximate surface area is 120 Å². The highest BCUT2D eigenvalue weighted by atomic mass is 35.5. The van der Waals surface area contributed by atoms with Gasteiger partial charge < -0.3 is 10.2 Å². The average molecular weight is 289 g/mol. The van der Waals surface area contributed by atoms with Gasteiger partial charge >= 0.3 is 0 Å². The molecule has 1 amide bonds. The molecule has 0 heterocycles. The smallest absolute Gasteiger partial charge is 0.232 e. The largest absolute Gasteiger partial charge is 0.344 e. The highest BCUT2D eigenvalue weighted by Gasteiger charge is 2.32. The molecule has 0 aliphatic heterocycles. The Morgan fingerprint density at radius 1 is 1.32 bits per heavy atom. The molecule has 1 aromatic carbocycles. The summed E-state index contributed by atoms with van der Waals surface area (Å²) in [5.41, 5.74) is 0.182. The molecule has 0 spiro atoms. The van der Waals surface area contributed by atoms with Crippen molar-refractivity contribution in [3.63, 3.8) is 0 Å². The lowest BCUT2D eigenvalue weighted by Gasteiger charge is -2.29. The first kappa shape index (κ1) is 17.9. The van der Waals surface area contributed by atoms with Crippen LogP contribution in [-0.2, 0) is 10.2 Å². The maximum Gasteiger partial charge on any atom is 0.232 e. The maximum absolute atomic E-state index is 12.9. The van der Waals surface area contributed by atoms with Gasteiger partial charge in [0.15, 0.2) is 0 Å². The normalized spacial score (nSPS) is 10.8. The summed E-state index contributed by atoms with van der Waals surface area (Å²) in [4.78, 5) is 14.1. The second-order valence-electron chi connectivity index (χ2n) is 4.96. The van der Waals surface area contributed by atoms with Crippen LogP contribution in [0.5, 0.6) is 0 Å². The van der Waals surface area contributed by atoms with E-state index in [1.165, 1.54) is 12.1 Å². The molecule has 0 saturated carbocycles. The molecule has 108 valence electrons. The van der Waals surface area contributed by atoms with E-state index in [4.69, 9.17) is 0 Å². The van der Waals surface area contributed by atoms with Crippen LogP contribution in [-0.4, -0.2) is 38.0 Å². The molecule has 1 N–H and O–H groups in total. The van der Waals surface area contributed by atoms with Crippen molar-refractivity contribution in [2.75, 3.05) is 27.2 Å². The van der Waals surface area contributed by atoms with Crippen LogP contribution in [0.2, 0.25) is 0 Å². The molecule has 19 heavy (non-hydrogen) atoms. The van der Waals surface area contributed by atoms with E-state index >= 15 is 0 Å². The number of amides is 1. The van der Waals surface area contributed by atoms with Crippen LogP contribution in [0.25, 0.3) is 0 Å². The summed E-state index contributed by atoms with van der Waals surface area (Å²) >= 11 is 0. The molecule has 0 fully saturated rings. The van der Waals surface area contributed by atoms with Gasteiger partial charge in [-0.05, 0) is 38.6 Å². The van der Waals surface area contributed by atoms with E-state index in [2.05, 4.69) is 5.32 Å². The number of carbonyl (C=O) groups is 1. The Bertz CT molecular complexity index is 406. The molecule has 0 saturated heterocycles. The second kappa shape index (κ2) is 7.46. The number of hydrogen-bond donors (Lipinski definition) is 1. The van der Waals surface area contributed by atoms with Crippen molar-refractivity contribution in [1.29, 1.82) is 0 Å². The standard InChI is InChI=1S/C14H21FN2O.ClH/c1-14(2,11-5-7-12(15)8-6-11)13(18)17(4)10-9-16-3;/h5-8,16H,9-10H2,1-4H3;1H. The van der Waals surface area contributed by atoms with Crippen molar-refractivity contribution in [2.45, 2.75) is 19.3 Å². The second-order valence-corrected chi connectivity index (χ2v) is 4.96. The summed E-state index contributed by atoms with van der Waals surface area (Å²) in [6.07, 6.45) is 0. The summed E-state index contributed by atoms with van der Waals surface area (Å²) in [5, 5.41) is 3.01. The van der Waals surface area contributed by atoms with Crippen LogP contribution in [0.3, 0.4) is 0 Å². The molecule has 0 bridgehead atoms. The van der Waals surface area contributed by atoms with Crippen LogP contribution < -0.4 is 5.32 Å². The molecule has 0 atom stereocenters. The van der Waals surface area contributed by atoms with Crippen LogP contribution >= 0.6 is 12.4 Å². The Hall–Kier alpha value is -1.13. The van der Waals surface area contributed by atoms with Crippen LogP contribution in [0, 0.1) is 5.82 Å². The first-order chi connectivity index (χ1) is 8.39. The third-order valence-electron chi connectivity index (χ3n) is 3.14. The van der Waals surface area contributed by atoms with Gasteiger partial charge in [-0.15, -0.1) is 12.4 Å². The molecular weight excluding hydrogens is 267 g/mol. The third-order valence-corrected chi connectivity index (χ3v) is 3.14. The van der Waals surface area contributed by atoms with Crippen molar-refractivity contribution in [3.05, 3.63) is 35.6 Å². The monoisotopic (exact) mass is 288 g/mol. The zero-order valence-corrected chi connectivity index (χ0v) is 12.7. The van der Waals surface area contributed by atoms with Crippen LogP contribution in [0.1, 0.15) is 19.4 Å². The fourth-order valence-corrected chi connectivity index (χ4v) is 1.85. The zero-order chi connectivity index (χ0) is 13.8. The predicted octanol–water partition coefficient (Wildman–Crippen LogP) is 2.20. The van der Waals surface area contributed by atoms with Gasteiger partial charge in [-0.3, -0.25) is 4.79 Å². The van der Waals surface area contributed by atoms with Gasteiger partial charge in [0.05, 0.1) is 5.41 Å². The lowest BCUT2D eigenvalue weighted by Crippen LogP contribution is -2.43. The first-order valence-electron chi connectivity index (χ1n) is 6.06. The van der Waals surface area contributed by atoms with Crippen molar-refractivity contribution in [2.24, 2.45) is 0 Å². The van der Waals surface area contributed by atoms with Crippen molar-refractivity contribution < 1.29 is 9.18 Å². The number of rotatable bonds is 5. The average Bonchev–Trinajstić information content (AvgIpc) is 2.35. The topological polar surface area (TPSA) is 32.3 Å². The Morgan fingerprint density at radius 3 is 2.32 bits per heavy atom. The van der Waals surface area contributed by atoms with Crippen molar-refractivity contribution in [3.8, 4) is 0 Å². The summed E-state index contributed by atoms with van der Waals surface area (Å²) in [6.45, 7) is 5.12. The Kier molecular flexibility index (Phi) is 7.01. The minimum absolute atomic E-state index is 0. The molecule has 0 aromatic heterocycles. The van der Waals surface area contributed by atoms with Gasteiger partial charge in [0.1, 0.15) is 5.82 Å². The van der Waals surface area contributed by atoms with Gasteiger partial charge in [0.25, 0.3) is 0 Å². The van der Waals surface area contributed by atoms with E-state index in [9.17, 15) is 9.18 Å². The number of hydrogen-bond acceptors (Lipinski definition) is 2. The number of halogens is 2. The lowest BCUT2D eigenvalue weighted by atomic mass is 9.83. The fraction of sp³-hybridized carbons (Fsp3) is 0.500. The quantitative estimate of drug-likeness (QED) is 0.901. The molecule has 0 aliphatic rings. The Morgan fingerprint density at radius 2 is 1.84 bits per heavy atom. The lowest BCUT2D eigenvalue weighted by molar-refractivity contribution is -0.134.